The molecule has 1 rings (SSSR count). The Kier molecular flexibility index (Phi) is 13.4. The van der Waals surface area contributed by atoms with Crippen molar-refractivity contribution < 1.29 is 18.6 Å². The Hall–Kier alpha value is -0.970. The number of ether oxygens (including phenoxy) is 3. The number of rotatable bonds is 17. The van der Waals surface area contributed by atoms with E-state index in [2.05, 4.69) is 6.92 Å². The highest BCUT2D eigenvalue weighted by Crippen LogP contribution is 2.33. The molecule has 0 amide bonds. The fraction of sp³-hybridized carbons (Fsp3) is 0.750. The van der Waals surface area contributed by atoms with E-state index in [4.69, 9.17) is 14.2 Å². The van der Waals surface area contributed by atoms with E-state index in [1.54, 1.807) is 33.5 Å². The van der Waals surface area contributed by atoms with Gasteiger partial charge in [-0.25, -0.2) is 4.39 Å². The van der Waals surface area contributed by atoms with Crippen molar-refractivity contribution in [2.24, 2.45) is 5.92 Å². The summed E-state index contributed by atoms with van der Waals surface area (Å²) in [7, 11) is 4.97. The zero-order valence-corrected chi connectivity index (χ0v) is 18.5. The van der Waals surface area contributed by atoms with E-state index >= 15 is 0 Å². The van der Waals surface area contributed by atoms with Crippen LogP contribution in [-0.4, -0.2) is 27.3 Å². The van der Waals surface area contributed by atoms with E-state index in [0.717, 1.165) is 44.1 Å². The Labute approximate surface area is 172 Å². The summed E-state index contributed by atoms with van der Waals surface area (Å²) in [4.78, 5) is 0. The molecule has 0 fully saturated rings. The number of halogens is 1. The maximum atomic E-state index is 13.3. The van der Waals surface area contributed by atoms with Crippen LogP contribution in [0.15, 0.2) is 24.3 Å². The lowest BCUT2D eigenvalue weighted by atomic mass is 9.91. The first-order valence-corrected chi connectivity index (χ1v) is 11.0. The number of unbranched alkanes of at least 4 members (excludes halogenated alkanes) is 7. The van der Waals surface area contributed by atoms with Crippen LogP contribution >= 0.6 is 0 Å². The maximum Gasteiger partial charge on any atom is 0.285 e. The van der Waals surface area contributed by atoms with E-state index < -0.39 is 5.97 Å². The number of benzene rings is 1. The molecule has 28 heavy (non-hydrogen) atoms. The van der Waals surface area contributed by atoms with Gasteiger partial charge in [0.2, 0.25) is 0 Å². The standard InChI is InChI=1S/C24H41FO3/c1-5-6-7-8-9-12-17-22(24(26-2,27-3)28-4)18-13-10-11-15-21-16-14-19-23(25)20-21/h14,16,19-20,22H,5-13,15,17-18H2,1-4H3. The van der Waals surface area contributed by atoms with E-state index in [9.17, 15) is 4.39 Å². The van der Waals surface area contributed by atoms with Crippen molar-refractivity contribution in [1.82, 2.24) is 0 Å². The number of hydrogen-bond donors (Lipinski definition) is 0. The molecule has 0 saturated heterocycles. The van der Waals surface area contributed by atoms with Crippen LogP contribution in [0.1, 0.15) is 83.1 Å². The van der Waals surface area contributed by atoms with Gasteiger partial charge < -0.3 is 14.2 Å². The highest BCUT2D eigenvalue weighted by molar-refractivity contribution is 5.16. The topological polar surface area (TPSA) is 27.7 Å². The van der Waals surface area contributed by atoms with E-state index in [1.807, 2.05) is 6.07 Å². The van der Waals surface area contributed by atoms with Gasteiger partial charge in [0.15, 0.2) is 0 Å². The third-order valence-corrected chi connectivity index (χ3v) is 5.67. The minimum Gasteiger partial charge on any atom is -0.331 e. The van der Waals surface area contributed by atoms with Gasteiger partial charge in [-0.3, -0.25) is 0 Å². The molecule has 0 aromatic heterocycles. The predicted octanol–water partition coefficient (Wildman–Crippen LogP) is 6.89. The quantitative estimate of drug-likeness (QED) is 0.212. The lowest BCUT2D eigenvalue weighted by Crippen LogP contribution is -2.44. The van der Waals surface area contributed by atoms with Crippen LogP contribution in [0.2, 0.25) is 0 Å². The lowest BCUT2D eigenvalue weighted by Gasteiger charge is -2.36. The molecule has 0 aliphatic heterocycles. The van der Waals surface area contributed by atoms with Crippen molar-refractivity contribution in [1.29, 1.82) is 0 Å². The van der Waals surface area contributed by atoms with Gasteiger partial charge in [0.25, 0.3) is 5.97 Å². The predicted molar refractivity (Wildman–Crippen MR) is 114 cm³/mol. The lowest BCUT2D eigenvalue weighted by molar-refractivity contribution is -0.380. The van der Waals surface area contributed by atoms with Gasteiger partial charge in [0, 0.05) is 27.2 Å². The van der Waals surface area contributed by atoms with Crippen molar-refractivity contribution in [2.45, 2.75) is 89.9 Å². The second-order valence-electron chi connectivity index (χ2n) is 7.70. The van der Waals surface area contributed by atoms with E-state index in [1.165, 1.54) is 44.6 Å². The average molecular weight is 397 g/mol. The highest BCUT2D eigenvalue weighted by Gasteiger charge is 2.39. The van der Waals surface area contributed by atoms with Gasteiger partial charge >= 0.3 is 0 Å². The van der Waals surface area contributed by atoms with E-state index in [0.29, 0.717) is 0 Å². The molecule has 1 atom stereocenters. The Balaban J connectivity index is 2.43. The zero-order chi connectivity index (χ0) is 20.7. The molecule has 1 unspecified atom stereocenters. The molecule has 0 saturated carbocycles. The largest absolute Gasteiger partial charge is 0.331 e. The summed E-state index contributed by atoms with van der Waals surface area (Å²) in [5.41, 5.74) is 1.07. The van der Waals surface area contributed by atoms with Crippen LogP contribution in [0.3, 0.4) is 0 Å². The Morgan fingerprint density at radius 2 is 1.39 bits per heavy atom. The molecule has 0 bridgehead atoms. The molecule has 3 nitrogen and oxygen atoms in total. The first-order chi connectivity index (χ1) is 13.6. The molecular weight excluding hydrogens is 355 g/mol. The van der Waals surface area contributed by atoms with Crippen molar-refractivity contribution in [2.75, 3.05) is 21.3 Å². The van der Waals surface area contributed by atoms with Gasteiger partial charge in [0.05, 0.1) is 0 Å². The molecule has 1 aromatic carbocycles. The SMILES string of the molecule is CCCCCCCCC(CCCCCc1cccc(F)c1)C(OC)(OC)OC. The molecule has 0 aliphatic carbocycles. The fourth-order valence-corrected chi connectivity index (χ4v) is 4.01. The Morgan fingerprint density at radius 1 is 0.821 bits per heavy atom. The Morgan fingerprint density at radius 3 is 1.96 bits per heavy atom. The normalized spacial score (nSPS) is 13.0. The summed E-state index contributed by atoms with van der Waals surface area (Å²) < 4.78 is 30.2. The Bertz CT molecular complexity index is 494. The van der Waals surface area contributed by atoms with Crippen molar-refractivity contribution in [3.05, 3.63) is 35.6 Å². The second-order valence-corrected chi connectivity index (χ2v) is 7.70. The summed E-state index contributed by atoms with van der Waals surface area (Å²) >= 11 is 0. The molecule has 4 heteroatoms. The van der Waals surface area contributed by atoms with Crippen molar-refractivity contribution in [3.8, 4) is 0 Å². The minimum atomic E-state index is -0.952. The summed E-state index contributed by atoms with van der Waals surface area (Å²) in [5, 5.41) is 0. The van der Waals surface area contributed by atoms with Crippen molar-refractivity contribution >= 4 is 0 Å². The van der Waals surface area contributed by atoms with Gasteiger partial charge in [0.1, 0.15) is 5.82 Å². The smallest absolute Gasteiger partial charge is 0.285 e. The molecular formula is C24H41FO3. The molecule has 162 valence electrons. The van der Waals surface area contributed by atoms with Crippen LogP contribution < -0.4 is 0 Å². The van der Waals surface area contributed by atoms with Crippen LogP contribution in [0.5, 0.6) is 0 Å². The average Bonchev–Trinajstić information content (AvgIpc) is 2.71. The minimum absolute atomic E-state index is 0.151. The van der Waals surface area contributed by atoms with Gasteiger partial charge in [-0.05, 0) is 43.4 Å². The summed E-state index contributed by atoms with van der Waals surface area (Å²) in [5.74, 6) is -0.888. The molecule has 0 spiro atoms. The summed E-state index contributed by atoms with van der Waals surface area (Å²) in [6.07, 6.45) is 13.9. The third kappa shape index (κ3) is 9.02. The first kappa shape index (κ1) is 25.1. The van der Waals surface area contributed by atoms with Crippen molar-refractivity contribution in [3.63, 3.8) is 0 Å². The highest BCUT2D eigenvalue weighted by atomic mass is 19.1. The molecule has 0 radical (unpaired) electrons. The second kappa shape index (κ2) is 14.9. The first-order valence-electron chi connectivity index (χ1n) is 11.0. The number of methoxy groups -OCH3 is 3. The molecule has 0 aliphatic rings. The van der Waals surface area contributed by atoms with Gasteiger partial charge in [-0.15, -0.1) is 0 Å². The molecule has 0 heterocycles. The van der Waals surface area contributed by atoms with Crippen LogP contribution in [0.4, 0.5) is 4.39 Å². The van der Waals surface area contributed by atoms with Crippen LogP contribution in [0, 0.1) is 11.7 Å². The molecule has 0 N–H and O–H groups in total. The van der Waals surface area contributed by atoms with Gasteiger partial charge in [-0.1, -0.05) is 70.4 Å². The van der Waals surface area contributed by atoms with Crippen LogP contribution in [-0.2, 0) is 20.6 Å². The van der Waals surface area contributed by atoms with Crippen LogP contribution in [0.25, 0.3) is 0 Å². The monoisotopic (exact) mass is 396 g/mol. The molecule has 1 aromatic rings. The number of aryl methyl sites for hydroxylation is 1. The maximum absolute atomic E-state index is 13.3. The summed E-state index contributed by atoms with van der Waals surface area (Å²) in [6.45, 7) is 2.24. The van der Waals surface area contributed by atoms with E-state index in [-0.39, 0.29) is 11.7 Å². The fourth-order valence-electron chi connectivity index (χ4n) is 4.01. The third-order valence-electron chi connectivity index (χ3n) is 5.67. The van der Waals surface area contributed by atoms with Gasteiger partial charge in [-0.2, -0.15) is 0 Å². The number of hydrogen-bond acceptors (Lipinski definition) is 3. The zero-order valence-electron chi connectivity index (χ0n) is 18.5. The summed E-state index contributed by atoms with van der Waals surface area (Å²) in [6, 6.07) is 6.91.